The van der Waals surface area contributed by atoms with E-state index in [1.54, 1.807) is 7.11 Å². The molecule has 0 fully saturated rings. The van der Waals surface area contributed by atoms with Crippen LogP contribution in [0.3, 0.4) is 0 Å². The molecule has 1 atom stereocenters. The summed E-state index contributed by atoms with van der Waals surface area (Å²) in [7, 11) is 1.74. The first-order valence-corrected chi connectivity index (χ1v) is 10.2. The molecule has 2 heteroatoms. The summed E-state index contributed by atoms with van der Waals surface area (Å²) in [6, 6.07) is 4.27. The molecule has 1 aromatic rings. The van der Waals surface area contributed by atoms with E-state index in [-0.39, 0.29) is 10.8 Å². The Morgan fingerprint density at radius 1 is 1.00 bits per heavy atom. The molecule has 0 saturated heterocycles. The van der Waals surface area contributed by atoms with Gasteiger partial charge < -0.3 is 9.47 Å². The third kappa shape index (κ3) is 3.79. The van der Waals surface area contributed by atoms with Crippen molar-refractivity contribution < 1.29 is 9.47 Å². The Morgan fingerprint density at radius 3 is 2.00 bits per heavy atom. The van der Waals surface area contributed by atoms with Gasteiger partial charge in [-0.15, -0.1) is 0 Å². The molecule has 0 spiro atoms. The molecule has 0 heterocycles. The van der Waals surface area contributed by atoms with Crippen molar-refractivity contribution in [2.45, 2.75) is 73.1 Å². The smallest absolute Gasteiger partial charge is 0.127 e. The van der Waals surface area contributed by atoms with Crippen molar-refractivity contribution in [1.82, 2.24) is 0 Å². The van der Waals surface area contributed by atoms with E-state index in [4.69, 9.17) is 9.47 Å². The van der Waals surface area contributed by atoms with Gasteiger partial charge in [-0.1, -0.05) is 65.3 Å². The van der Waals surface area contributed by atoms with Crippen molar-refractivity contribution >= 4 is 0 Å². The number of benzene rings is 1. The average molecular weight is 383 g/mol. The van der Waals surface area contributed by atoms with Crippen molar-refractivity contribution in [3.8, 4) is 11.5 Å². The van der Waals surface area contributed by atoms with Gasteiger partial charge in [0.25, 0.3) is 0 Å². The number of rotatable bonds is 6. The molecular formula is C26H38O2. The lowest BCUT2D eigenvalue weighted by atomic mass is 9.71. The molecule has 28 heavy (non-hydrogen) atoms. The van der Waals surface area contributed by atoms with Gasteiger partial charge in [0.1, 0.15) is 18.1 Å². The highest BCUT2D eigenvalue weighted by Gasteiger charge is 2.38. The summed E-state index contributed by atoms with van der Waals surface area (Å²) in [6.45, 7) is 24.7. The largest absolute Gasteiger partial charge is 0.497 e. The number of ether oxygens (including phenoxy) is 2. The Labute approximate surface area is 172 Å². The van der Waals surface area contributed by atoms with E-state index in [1.165, 1.54) is 33.4 Å². The predicted molar refractivity (Wildman–Crippen MR) is 121 cm³/mol. The summed E-state index contributed by atoms with van der Waals surface area (Å²) >= 11 is 0. The highest BCUT2D eigenvalue weighted by Crippen LogP contribution is 2.51. The van der Waals surface area contributed by atoms with Gasteiger partial charge in [-0.25, -0.2) is 0 Å². The topological polar surface area (TPSA) is 18.5 Å². The fourth-order valence-corrected chi connectivity index (χ4v) is 4.49. The van der Waals surface area contributed by atoms with Gasteiger partial charge in [-0.2, -0.15) is 0 Å². The van der Waals surface area contributed by atoms with Crippen LogP contribution in [0, 0.1) is 5.92 Å². The van der Waals surface area contributed by atoms with Crippen molar-refractivity contribution in [1.29, 1.82) is 0 Å². The van der Waals surface area contributed by atoms with Crippen LogP contribution in [-0.2, 0) is 10.8 Å². The zero-order valence-corrected chi connectivity index (χ0v) is 19.5. The van der Waals surface area contributed by atoms with Crippen LogP contribution in [0.4, 0.5) is 0 Å². The number of allylic oxidation sites excluding steroid dienone is 4. The Balaban J connectivity index is 2.84. The monoisotopic (exact) mass is 382 g/mol. The molecule has 1 aromatic carbocycles. The lowest BCUT2D eigenvalue weighted by molar-refractivity contribution is 0.337. The molecule has 0 saturated carbocycles. The van der Waals surface area contributed by atoms with E-state index in [1.807, 2.05) is 6.08 Å². The fraction of sp³-hybridized carbons (Fsp3) is 0.538. The molecule has 0 bridgehead atoms. The second kappa shape index (κ2) is 7.81. The molecule has 1 unspecified atom stereocenters. The van der Waals surface area contributed by atoms with Gasteiger partial charge in [-0.05, 0) is 55.4 Å². The Bertz CT molecular complexity index is 829. The second-order valence-corrected chi connectivity index (χ2v) is 9.61. The van der Waals surface area contributed by atoms with Crippen LogP contribution < -0.4 is 9.47 Å². The lowest BCUT2D eigenvalue weighted by Gasteiger charge is -2.34. The van der Waals surface area contributed by atoms with Crippen LogP contribution in [0.1, 0.15) is 73.4 Å². The van der Waals surface area contributed by atoms with E-state index in [0.717, 1.165) is 11.5 Å². The molecule has 0 amide bonds. The van der Waals surface area contributed by atoms with E-state index >= 15 is 0 Å². The van der Waals surface area contributed by atoms with Gasteiger partial charge >= 0.3 is 0 Å². The SMILES string of the molecule is C=CCOc1c(C(C)(C)C)cc(OC)cc1C(C)(C)C1=C(C)C(C)C(C)=C1C. The fourth-order valence-electron chi connectivity index (χ4n) is 4.49. The summed E-state index contributed by atoms with van der Waals surface area (Å²) in [5.41, 5.74) is 7.82. The zero-order chi connectivity index (χ0) is 21.4. The van der Waals surface area contributed by atoms with Gasteiger partial charge in [-0.3, -0.25) is 0 Å². The lowest BCUT2D eigenvalue weighted by Crippen LogP contribution is -2.25. The number of methoxy groups -OCH3 is 1. The first kappa shape index (κ1) is 22.3. The normalized spacial score (nSPS) is 18.0. The molecule has 0 aliphatic heterocycles. The molecule has 1 aliphatic rings. The Hall–Kier alpha value is -1.96. The third-order valence-electron chi connectivity index (χ3n) is 6.41. The summed E-state index contributed by atoms with van der Waals surface area (Å²) in [5.74, 6) is 2.32. The Morgan fingerprint density at radius 2 is 1.57 bits per heavy atom. The van der Waals surface area contributed by atoms with E-state index in [9.17, 15) is 0 Å². The summed E-state index contributed by atoms with van der Waals surface area (Å²) in [6.07, 6.45) is 1.81. The summed E-state index contributed by atoms with van der Waals surface area (Å²) in [4.78, 5) is 0. The maximum absolute atomic E-state index is 6.30. The molecule has 0 N–H and O–H groups in total. The van der Waals surface area contributed by atoms with Crippen LogP contribution in [0.15, 0.2) is 47.1 Å². The first-order valence-electron chi connectivity index (χ1n) is 10.2. The quantitative estimate of drug-likeness (QED) is 0.487. The molecule has 1 aliphatic carbocycles. The minimum atomic E-state index is -0.203. The van der Waals surface area contributed by atoms with Crippen LogP contribution >= 0.6 is 0 Å². The van der Waals surface area contributed by atoms with Crippen LogP contribution in [0.5, 0.6) is 11.5 Å². The standard InChI is InChI=1S/C26H38O2/c1-12-13-28-24-21(25(6,7)8)14-20(27-11)15-22(24)26(9,10)23-18(4)16(2)17(3)19(23)5/h12,14-16H,1,13H2,2-11H3. The zero-order valence-electron chi connectivity index (χ0n) is 19.5. The second-order valence-electron chi connectivity index (χ2n) is 9.61. The van der Waals surface area contributed by atoms with Gasteiger partial charge in [0, 0.05) is 16.5 Å². The Kier molecular flexibility index (Phi) is 6.23. The van der Waals surface area contributed by atoms with Crippen molar-refractivity contribution in [3.05, 3.63) is 58.2 Å². The predicted octanol–water partition coefficient (Wildman–Crippen LogP) is 7.14. The van der Waals surface area contributed by atoms with Gasteiger partial charge in [0.05, 0.1) is 7.11 Å². The van der Waals surface area contributed by atoms with Crippen LogP contribution in [-0.4, -0.2) is 13.7 Å². The van der Waals surface area contributed by atoms with E-state index < -0.39 is 0 Å². The molecule has 2 rings (SSSR count). The molecular weight excluding hydrogens is 344 g/mol. The molecule has 0 aromatic heterocycles. The first-order chi connectivity index (χ1) is 12.9. The van der Waals surface area contributed by atoms with Crippen LogP contribution in [0.25, 0.3) is 0 Å². The summed E-state index contributed by atoms with van der Waals surface area (Å²) in [5, 5.41) is 0. The highest BCUT2D eigenvalue weighted by atomic mass is 16.5. The van der Waals surface area contributed by atoms with Gasteiger partial charge in [0.2, 0.25) is 0 Å². The van der Waals surface area contributed by atoms with Gasteiger partial charge in [0.15, 0.2) is 0 Å². The van der Waals surface area contributed by atoms with Crippen molar-refractivity contribution in [2.24, 2.45) is 5.92 Å². The van der Waals surface area contributed by atoms with Crippen molar-refractivity contribution in [3.63, 3.8) is 0 Å². The van der Waals surface area contributed by atoms with E-state index in [2.05, 4.69) is 81.0 Å². The average Bonchev–Trinajstić information content (AvgIpc) is 2.81. The van der Waals surface area contributed by atoms with Crippen LogP contribution in [0.2, 0.25) is 0 Å². The summed E-state index contributed by atoms with van der Waals surface area (Å²) < 4.78 is 12.0. The van der Waals surface area contributed by atoms with Crippen molar-refractivity contribution in [2.75, 3.05) is 13.7 Å². The van der Waals surface area contributed by atoms with E-state index in [0.29, 0.717) is 12.5 Å². The maximum atomic E-state index is 6.30. The third-order valence-corrected chi connectivity index (χ3v) is 6.41. The molecule has 2 nitrogen and oxygen atoms in total. The number of hydrogen-bond donors (Lipinski definition) is 0. The maximum Gasteiger partial charge on any atom is 0.127 e. The highest BCUT2D eigenvalue weighted by molar-refractivity contribution is 5.61. The number of hydrogen-bond acceptors (Lipinski definition) is 2. The molecule has 154 valence electrons. The molecule has 0 radical (unpaired) electrons. The minimum Gasteiger partial charge on any atom is -0.497 e. The minimum absolute atomic E-state index is 0.0664.